The molecule has 5 nitrogen and oxygen atoms in total. The van der Waals surface area contributed by atoms with Gasteiger partial charge in [-0.2, -0.15) is 17.5 Å². The van der Waals surface area contributed by atoms with Gasteiger partial charge >= 0.3 is 6.18 Å². The third-order valence-corrected chi connectivity index (χ3v) is 4.85. The number of hydrogen-bond acceptors (Lipinski definition) is 3. The van der Waals surface area contributed by atoms with Gasteiger partial charge in [0.05, 0.1) is 17.0 Å². The Balaban J connectivity index is 3.21. The first-order chi connectivity index (χ1) is 10.4. The molecule has 0 atom stereocenters. The first kappa shape index (κ1) is 19.7. The zero-order valence-corrected chi connectivity index (χ0v) is 14.2. The lowest BCUT2D eigenvalue weighted by molar-refractivity contribution is -0.139. The Morgan fingerprint density at radius 1 is 1.35 bits per heavy atom. The van der Waals surface area contributed by atoms with Crippen molar-refractivity contribution in [3.05, 3.63) is 28.8 Å². The number of halogens is 4. The molecule has 0 heterocycles. The highest BCUT2D eigenvalue weighted by atomic mass is 35.5. The third-order valence-electron chi connectivity index (χ3n) is 2.75. The van der Waals surface area contributed by atoms with Crippen molar-refractivity contribution in [2.45, 2.75) is 31.0 Å². The van der Waals surface area contributed by atoms with E-state index in [1.807, 2.05) is 0 Å². The van der Waals surface area contributed by atoms with Crippen LogP contribution in [0.15, 0.2) is 23.1 Å². The number of benzene rings is 1. The van der Waals surface area contributed by atoms with Gasteiger partial charge in [0.1, 0.15) is 0 Å². The number of alkyl halides is 3. The van der Waals surface area contributed by atoms with Gasteiger partial charge in [-0.15, -0.1) is 0 Å². The van der Waals surface area contributed by atoms with Crippen LogP contribution >= 0.6 is 11.6 Å². The van der Waals surface area contributed by atoms with Crippen molar-refractivity contribution in [1.82, 2.24) is 9.62 Å². The maximum absolute atomic E-state index is 13.0. The van der Waals surface area contributed by atoms with Crippen LogP contribution in [-0.2, 0) is 21.0 Å². The summed E-state index contributed by atoms with van der Waals surface area (Å²) in [5.41, 5.74) is -1.37. The van der Waals surface area contributed by atoms with E-state index in [9.17, 15) is 26.4 Å². The number of nitrogens with one attached hydrogen (secondary N) is 1. The van der Waals surface area contributed by atoms with Crippen LogP contribution in [0.5, 0.6) is 0 Å². The zero-order valence-electron chi connectivity index (χ0n) is 12.6. The van der Waals surface area contributed by atoms with Gasteiger partial charge < -0.3 is 5.32 Å². The van der Waals surface area contributed by atoms with Crippen molar-refractivity contribution in [1.29, 1.82) is 0 Å². The second-order valence-electron chi connectivity index (χ2n) is 5.12. The van der Waals surface area contributed by atoms with E-state index in [2.05, 4.69) is 5.32 Å². The summed E-state index contributed by atoms with van der Waals surface area (Å²) in [5, 5.41) is 2.22. The summed E-state index contributed by atoms with van der Waals surface area (Å²) in [5.74, 6) is -0.617. The number of carbonyl (C=O) groups is 1. The molecule has 1 amide bonds. The van der Waals surface area contributed by atoms with Crippen LogP contribution in [0, 0.1) is 0 Å². The van der Waals surface area contributed by atoms with Crippen molar-refractivity contribution in [2.75, 3.05) is 13.6 Å². The van der Waals surface area contributed by atoms with Crippen molar-refractivity contribution in [3.63, 3.8) is 0 Å². The summed E-state index contributed by atoms with van der Waals surface area (Å²) in [6.45, 7) is 2.75. The van der Waals surface area contributed by atoms with E-state index in [1.54, 1.807) is 13.8 Å². The average molecular weight is 373 g/mol. The molecule has 0 saturated carbocycles. The van der Waals surface area contributed by atoms with Gasteiger partial charge in [0.15, 0.2) is 0 Å². The summed E-state index contributed by atoms with van der Waals surface area (Å²) in [6, 6.07) is 2.14. The van der Waals surface area contributed by atoms with Gasteiger partial charge in [-0.05, 0) is 32.0 Å². The normalized spacial score (nSPS) is 12.7. The molecule has 1 rings (SSSR count). The van der Waals surface area contributed by atoms with Crippen molar-refractivity contribution in [2.24, 2.45) is 0 Å². The van der Waals surface area contributed by atoms with Crippen LogP contribution in [-0.4, -0.2) is 38.3 Å². The monoisotopic (exact) mass is 372 g/mol. The predicted molar refractivity (Wildman–Crippen MR) is 79.5 cm³/mol. The standard InChI is InChI=1S/C13H16ClF3N2O3S/c1-8(2)18-12(20)7-19(3)23(21,22)11-5-4-9(14)6-10(11)13(15,16)17/h4-6,8H,7H2,1-3H3,(H,18,20). The predicted octanol–water partition coefficient (Wildman–Crippen LogP) is 2.50. The molecule has 1 aromatic carbocycles. The number of hydrogen-bond donors (Lipinski definition) is 1. The second kappa shape index (κ2) is 7.06. The van der Waals surface area contributed by atoms with Gasteiger partial charge in [0.25, 0.3) is 0 Å². The molecule has 23 heavy (non-hydrogen) atoms. The average Bonchev–Trinajstić information content (AvgIpc) is 2.35. The fourth-order valence-corrected chi connectivity index (χ4v) is 3.26. The number of nitrogens with zero attached hydrogens (tertiary/aromatic N) is 1. The van der Waals surface area contributed by atoms with Crippen molar-refractivity contribution >= 4 is 27.5 Å². The summed E-state index contributed by atoms with van der Waals surface area (Å²) in [4.78, 5) is 10.7. The summed E-state index contributed by atoms with van der Waals surface area (Å²) < 4.78 is 64.3. The highest BCUT2D eigenvalue weighted by molar-refractivity contribution is 7.89. The lowest BCUT2D eigenvalue weighted by Crippen LogP contribution is -2.41. The van der Waals surface area contributed by atoms with E-state index < -0.39 is 39.1 Å². The molecular weight excluding hydrogens is 357 g/mol. The van der Waals surface area contributed by atoms with E-state index in [-0.39, 0.29) is 11.1 Å². The van der Waals surface area contributed by atoms with E-state index >= 15 is 0 Å². The number of likely N-dealkylation sites (N-methyl/N-ethyl adjacent to an activating group) is 1. The quantitative estimate of drug-likeness (QED) is 0.863. The second-order valence-corrected chi connectivity index (χ2v) is 7.57. The first-order valence-corrected chi connectivity index (χ1v) is 8.30. The minimum atomic E-state index is -4.89. The molecule has 0 bridgehead atoms. The Kier molecular flexibility index (Phi) is 6.06. The Bertz CT molecular complexity index is 690. The topological polar surface area (TPSA) is 66.5 Å². The molecule has 0 radical (unpaired) electrons. The fourth-order valence-electron chi connectivity index (χ4n) is 1.77. The number of sulfonamides is 1. The molecule has 0 aromatic heterocycles. The molecule has 0 fully saturated rings. The lowest BCUT2D eigenvalue weighted by atomic mass is 10.2. The van der Waals surface area contributed by atoms with Crippen LogP contribution in [0.1, 0.15) is 19.4 Å². The minimum absolute atomic E-state index is 0.222. The summed E-state index contributed by atoms with van der Waals surface area (Å²) in [6.07, 6.45) is -4.89. The third kappa shape index (κ3) is 5.08. The van der Waals surface area contributed by atoms with Gasteiger partial charge in [-0.25, -0.2) is 8.42 Å². The van der Waals surface area contributed by atoms with Gasteiger partial charge in [0.2, 0.25) is 15.9 Å². The van der Waals surface area contributed by atoms with Gasteiger partial charge in [0, 0.05) is 18.1 Å². The molecule has 0 unspecified atom stereocenters. The molecule has 0 aliphatic heterocycles. The number of rotatable bonds is 5. The largest absolute Gasteiger partial charge is 0.417 e. The number of amides is 1. The highest BCUT2D eigenvalue weighted by Crippen LogP contribution is 2.36. The van der Waals surface area contributed by atoms with E-state index in [4.69, 9.17) is 11.6 Å². The molecule has 0 spiro atoms. The number of carbonyl (C=O) groups excluding carboxylic acids is 1. The Labute approximate surface area is 137 Å². The Hall–Kier alpha value is -1.32. The molecule has 0 aliphatic carbocycles. The van der Waals surface area contributed by atoms with Crippen LogP contribution in [0.2, 0.25) is 5.02 Å². The molecule has 10 heteroatoms. The van der Waals surface area contributed by atoms with Crippen molar-refractivity contribution < 1.29 is 26.4 Å². The fraction of sp³-hybridized carbons (Fsp3) is 0.462. The minimum Gasteiger partial charge on any atom is -0.353 e. The SMILES string of the molecule is CC(C)NC(=O)CN(C)S(=O)(=O)c1ccc(Cl)cc1C(F)(F)F. The maximum Gasteiger partial charge on any atom is 0.417 e. The molecule has 130 valence electrons. The summed E-state index contributed by atoms with van der Waals surface area (Å²) >= 11 is 5.52. The molecule has 1 N–H and O–H groups in total. The van der Waals surface area contributed by atoms with Crippen LogP contribution < -0.4 is 5.32 Å². The van der Waals surface area contributed by atoms with Crippen LogP contribution in [0.25, 0.3) is 0 Å². The zero-order chi connectivity index (χ0) is 18.0. The first-order valence-electron chi connectivity index (χ1n) is 6.48. The molecule has 1 aromatic rings. The van der Waals surface area contributed by atoms with Crippen LogP contribution in [0.3, 0.4) is 0 Å². The Morgan fingerprint density at radius 3 is 2.39 bits per heavy atom. The molecule has 0 aliphatic rings. The maximum atomic E-state index is 13.0. The van der Waals surface area contributed by atoms with Crippen LogP contribution in [0.4, 0.5) is 13.2 Å². The lowest BCUT2D eigenvalue weighted by Gasteiger charge is -2.20. The van der Waals surface area contributed by atoms with Crippen molar-refractivity contribution in [3.8, 4) is 0 Å². The Morgan fingerprint density at radius 2 is 1.91 bits per heavy atom. The van der Waals surface area contributed by atoms with E-state index in [0.29, 0.717) is 10.4 Å². The van der Waals surface area contributed by atoms with E-state index in [0.717, 1.165) is 19.2 Å². The van der Waals surface area contributed by atoms with Gasteiger partial charge in [-0.1, -0.05) is 11.6 Å². The molecular formula is C13H16ClF3N2O3S. The van der Waals surface area contributed by atoms with Gasteiger partial charge in [-0.3, -0.25) is 4.79 Å². The molecule has 0 saturated heterocycles. The highest BCUT2D eigenvalue weighted by Gasteiger charge is 2.38. The smallest absolute Gasteiger partial charge is 0.353 e. The van der Waals surface area contributed by atoms with E-state index in [1.165, 1.54) is 0 Å². The summed E-state index contributed by atoms with van der Waals surface area (Å²) in [7, 11) is -3.47.